The Morgan fingerprint density at radius 3 is 2.33 bits per heavy atom. The average molecular weight is 144 g/mol. The number of hydrogen-bond donors (Lipinski definition) is 0. The van der Waals surface area contributed by atoms with E-state index in [2.05, 4.69) is 31.8 Å². The third-order valence-corrected chi connectivity index (χ3v) is 3.37. The molecule has 9 heavy (non-hydrogen) atoms. The van der Waals surface area contributed by atoms with E-state index in [-0.39, 0.29) is 0 Å². The molecule has 0 amide bonds. The molecule has 0 saturated heterocycles. The van der Waals surface area contributed by atoms with Crippen LogP contribution >= 0.6 is 0 Å². The van der Waals surface area contributed by atoms with Gasteiger partial charge in [-0.25, -0.2) is 0 Å². The van der Waals surface area contributed by atoms with E-state index >= 15 is 0 Å². The molecule has 0 saturated carbocycles. The highest BCUT2D eigenvalue weighted by atomic mass is 28.4. The zero-order valence-electron chi connectivity index (χ0n) is 6.77. The van der Waals surface area contributed by atoms with Crippen molar-refractivity contribution < 1.29 is 4.43 Å². The second kappa shape index (κ2) is 3.85. The Hall–Kier alpha value is -0.0831. The predicted octanol–water partition coefficient (Wildman–Crippen LogP) is 2.34. The molecule has 0 N–H and O–H groups in total. The van der Waals surface area contributed by atoms with Gasteiger partial charge in [0.2, 0.25) is 8.32 Å². The van der Waals surface area contributed by atoms with Crippen molar-refractivity contribution >= 4 is 8.32 Å². The smallest absolute Gasteiger partial charge is 0.210 e. The number of rotatable bonds is 3. The van der Waals surface area contributed by atoms with Crippen LogP contribution in [0.2, 0.25) is 13.1 Å². The molecule has 0 heterocycles. The lowest BCUT2D eigenvalue weighted by Crippen LogP contribution is -2.25. The van der Waals surface area contributed by atoms with Crippen molar-refractivity contribution in [2.75, 3.05) is 7.11 Å². The van der Waals surface area contributed by atoms with Crippen LogP contribution < -0.4 is 0 Å². The minimum Gasteiger partial charge on any atom is -0.417 e. The predicted molar refractivity (Wildman–Crippen MR) is 43.9 cm³/mol. The first-order valence-electron chi connectivity index (χ1n) is 3.35. The van der Waals surface area contributed by atoms with Crippen LogP contribution in [0.25, 0.3) is 0 Å². The van der Waals surface area contributed by atoms with Crippen molar-refractivity contribution in [2.24, 2.45) is 0 Å². The van der Waals surface area contributed by atoms with E-state index in [9.17, 15) is 0 Å². The van der Waals surface area contributed by atoms with Gasteiger partial charge in [0.05, 0.1) is 0 Å². The molecule has 0 bridgehead atoms. The molecule has 0 unspecified atom stereocenters. The molecule has 0 aliphatic carbocycles. The topological polar surface area (TPSA) is 9.23 Å². The first-order valence-corrected chi connectivity index (χ1v) is 6.34. The summed E-state index contributed by atoms with van der Waals surface area (Å²) in [7, 11) is 0.405. The third kappa shape index (κ3) is 4.42. The van der Waals surface area contributed by atoms with Crippen LogP contribution in [0.15, 0.2) is 11.8 Å². The lowest BCUT2D eigenvalue weighted by atomic mass is 10.5. The van der Waals surface area contributed by atoms with Crippen molar-refractivity contribution in [3.63, 3.8) is 0 Å². The minimum absolute atomic E-state index is 1.11. The quantitative estimate of drug-likeness (QED) is 0.552. The Labute approximate surface area is 58.9 Å². The molecule has 0 aliphatic heterocycles. The van der Waals surface area contributed by atoms with E-state index < -0.39 is 8.32 Å². The van der Waals surface area contributed by atoms with E-state index in [0.717, 1.165) is 6.42 Å². The van der Waals surface area contributed by atoms with Gasteiger partial charge in [-0.05, 0) is 19.5 Å². The summed E-state index contributed by atoms with van der Waals surface area (Å²) in [5.74, 6) is 0. The number of allylic oxidation sites excluding steroid dienone is 1. The molecule has 0 spiro atoms. The standard InChI is InChI=1S/C7H16OSi/c1-5-6-7-9(3,4)8-2/h6-7H,5H2,1-4H3. The molecule has 0 aromatic rings. The third-order valence-electron chi connectivity index (χ3n) is 1.28. The van der Waals surface area contributed by atoms with Gasteiger partial charge >= 0.3 is 0 Å². The molecule has 0 aromatic carbocycles. The van der Waals surface area contributed by atoms with Crippen molar-refractivity contribution in [2.45, 2.75) is 26.4 Å². The molecule has 1 nitrogen and oxygen atoms in total. The van der Waals surface area contributed by atoms with Crippen LogP contribution in [0.5, 0.6) is 0 Å². The normalized spacial score (nSPS) is 12.9. The average Bonchev–Trinajstić information content (AvgIpc) is 1.84. The van der Waals surface area contributed by atoms with Gasteiger partial charge < -0.3 is 4.43 Å². The van der Waals surface area contributed by atoms with Gasteiger partial charge in [-0.15, -0.1) is 0 Å². The van der Waals surface area contributed by atoms with Crippen LogP contribution in [-0.4, -0.2) is 15.4 Å². The van der Waals surface area contributed by atoms with E-state index in [1.165, 1.54) is 0 Å². The zero-order chi connectivity index (χ0) is 7.33. The molecule has 2 heteroatoms. The second-order valence-electron chi connectivity index (χ2n) is 2.62. The fraction of sp³-hybridized carbons (Fsp3) is 0.714. The molecular weight excluding hydrogens is 128 g/mol. The Morgan fingerprint density at radius 1 is 1.44 bits per heavy atom. The maximum atomic E-state index is 5.29. The van der Waals surface area contributed by atoms with Crippen LogP contribution in [0.1, 0.15) is 13.3 Å². The van der Waals surface area contributed by atoms with Gasteiger partial charge in [0.25, 0.3) is 0 Å². The molecule has 0 rings (SSSR count). The highest BCUT2D eigenvalue weighted by molar-refractivity contribution is 6.76. The van der Waals surface area contributed by atoms with E-state index in [1.54, 1.807) is 7.11 Å². The fourth-order valence-electron chi connectivity index (χ4n) is 0.470. The molecule has 0 aliphatic rings. The van der Waals surface area contributed by atoms with E-state index in [0.29, 0.717) is 0 Å². The monoisotopic (exact) mass is 144 g/mol. The Kier molecular flexibility index (Phi) is 3.82. The van der Waals surface area contributed by atoms with Gasteiger partial charge in [-0.1, -0.05) is 18.7 Å². The molecule has 54 valence electrons. The molecule has 0 fully saturated rings. The van der Waals surface area contributed by atoms with E-state index in [1.807, 2.05) is 0 Å². The minimum atomic E-state index is -1.38. The Balaban J connectivity index is 3.70. The maximum absolute atomic E-state index is 5.29. The highest BCUT2D eigenvalue weighted by Crippen LogP contribution is 2.03. The first kappa shape index (κ1) is 8.92. The molecule has 0 aromatic heterocycles. The lowest BCUT2D eigenvalue weighted by molar-refractivity contribution is 0.415. The van der Waals surface area contributed by atoms with Gasteiger partial charge in [0, 0.05) is 7.11 Å². The number of hydrogen-bond acceptors (Lipinski definition) is 1. The summed E-state index contributed by atoms with van der Waals surface area (Å²) in [6, 6.07) is 0. The van der Waals surface area contributed by atoms with Gasteiger partial charge in [0.1, 0.15) is 0 Å². The van der Waals surface area contributed by atoms with Crippen LogP contribution in [0, 0.1) is 0 Å². The summed E-state index contributed by atoms with van der Waals surface area (Å²) in [6.45, 7) is 6.50. The summed E-state index contributed by atoms with van der Waals surface area (Å²) in [5, 5.41) is 0. The van der Waals surface area contributed by atoms with Gasteiger partial charge in [0.15, 0.2) is 0 Å². The Bertz CT molecular complexity index is 97.1. The van der Waals surface area contributed by atoms with Crippen LogP contribution in [0.3, 0.4) is 0 Å². The summed E-state index contributed by atoms with van der Waals surface area (Å²) in [6.07, 6.45) is 3.29. The first-order chi connectivity index (χ1) is 4.12. The SMILES string of the molecule is CCC=C[Si](C)(C)OC. The van der Waals surface area contributed by atoms with Crippen molar-refractivity contribution in [1.29, 1.82) is 0 Å². The van der Waals surface area contributed by atoms with Crippen molar-refractivity contribution in [3.8, 4) is 0 Å². The van der Waals surface area contributed by atoms with Crippen LogP contribution in [0.4, 0.5) is 0 Å². The van der Waals surface area contributed by atoms with Gasteiger partial charge in [-0.2, -0.15) is 0 Å². The molecular formula is C7H16OSi. The molecule has 0 atom stereocenters. The van der Waals surface area contributed by atoms with Gasteiger partial charge in [-0.3, -0.25) is 0 Å². The summed E-state index contributed by atoms with van der Waals surface area (Å²) in [5.41, 5.74) is 2.22. The Morgan fingerprint density at radius 2 is 2.00 bits per heavy atom. The zero-order valence-corrected chi connectivity index (χ0v) is 7.77. The lowest BCUT2D eigenvalue weighted by Gasteiger charge is -2.13. The van der Waals surface area contributed by atoms with Crippen molar-refractivity contribution in [3.05, 3.63) is 11.8 Å². The summed E-state index contributed by atoms with van der Waals surface area (Å²) in [4.78, 5) is 0. The van der Waals surface area contributed by atoms with Crippen LogP contribution in [-0.2, 0) is 4.43 Å². The second-order valence-corrected chi connectivity index (χ2v) is 6.57. The summed E-state index contributed by atoms with van der Waals surface area (Å²) < 4.78 is 5.29. The van der Waals surface area contributed by atoms with Crippen molar-refractivity contribution in [1.82, 2.24) is 0 Å². The summed E-state index contributed by atoms with van der Waals surface area (Å²) >= 11 is 0. The maximum Gasteiger partial charge on any atom is 0.210 e. The largest absolute Gasteiger partial charge is 0.417 e. The fourth-order valence-corrected chi connectivity index (χ4v) is 1.41. The van der Waals surface area contributed by atoms with E-state index in [4.69, 9.17) is 4.43 Å². The highest BCUT2D eigenvalue weighted by Gasteiger charge is 2.14. The molecule has 0 radical (unpaired) electrons.